The molecule has 0 saturated heterocycles. The maximum atomic E-state index is 13.3. The number of rotatable bonds is 8. The van der Waals surface area contributed by atoms with Gasteiger partial charge in [-0.15, -0.1) is 11.3 Å². The van der Waals surface area contributed by atoms with Crippen molar-refractivity contribution in [1.29, 1.82) is 0 Å². The molecule has 2 aromatic heterocycles. The van der Waals surface area contributed by atoms with Crippen LogP contribution in [0.2, 0.25) is 0 Å². The van der Waals surface area contributed by atoms with Gasteiger partial charge in [0.15, 0.2) is 11.4 Å². The van der Waals surface area contributed by atoms with E-state index < -0.39 is 11.2 Å². The van der Waals surface area contributed by atoms with Crippen molar-refractivity contribution in [2.75, 3.05) is 19.8 Å². The van der Waals surface area contributed by atoms with Gasteiger partial charge in [0.2, 0.25) is 5.43 Å². The first kappa shape index (κ1) is 22.7. The summed E-state index contributed by atoms with van der Waals surface area (Å²) in [6, 6.07) is 6.08. The Balaban J connectivity index is 1.46. The molecule has 9 heteroatoms. The van der Waals surface area contributed by atoms with Crippen LogP contribution in [-0.4, -0.2) is 51.3 Å². The highest BCUT2D eigenvalue weighted by atomic mass is 32.1. The van der Waals surface area contributed by atoms with Crippen molar-refractivity contribution in [3.05, 3.63) is 68.8 Å². The first-order valence-electron chi connectivity index (χ1n) is 11.5. The summed E-state index contributed by atoms with van der Waals surface area (Å²) >= 11 is 1.34. The number of nitrogens with zero attached hydrogens (tertiary/aromatic N) is 3. The molecule has 2 aliphatic rings. The molecule has 1 atom stereocenters. The molecule has 7 nitrogen and oxygen atoms in total. The molecule has 1 aromatic carbocycles. The van der Waals surface area contributed by atoms with E-state index in [-0.39, 0.29) is 29.0 Å². The fourth-order valence-corrected chi connectivity index (χ4v) is 5.28. The second-order valence-corrected chi connectivity index (χ2v) is 9.99. The Bertz CT molecular complexity index is 1270. The van der Waals surface area contributed by atoms with Gasteiger partial charge in [-0.25, -0.2) is 9.37 Å². The number of carbonyl (C=O) groups is 1. The number of pyridine rings is 1. The molecule has 3 aromatic rings. The number of hydrogen-bond donors (Lipinski definition) is 1. The predicted molar refractivity (Wildman–Crippen MR) is 127 cm³/mol. The van der Waals surface area contributed by atoms with Crippen molar-refractivity contribution in [3.63, 3.8) is 0 Å². The quantitative estimate of drug-likeness (QED) is 0.528. The van der Waals surface area contributed by atoms with E-state index in [0.29, 0.717) is 43.6 Å². The number of aromatic hydroxyl groups is 1. The van der Waals surface area contributed by atoms with Gasteiger partial charge in [0.05, 0.1) is 18.2 Å². The molecule has 1 amide bonds. The van der Waals surface area contributed by atoms with Crippen LogP contribution in [0, 0.1) is 11.7 Å². The van der Waals surface area contributed by atoms with E-state index in [0.717, 1.165) is 23.3 Å². The van der Waals surface area contributed by atoms with Crippen LogP contribution >= 0.6 is 11.3 Å². The molecule has 0 unspecified atom stereocenters. The number of amides is 1. The molecule has 1 fully saturated rings. The van der Waals surface area contributed by atoms with Gasteiger partial charge >= 0.3 is 0 Å². The minimum Gasteiger partial charge on any atom is -0.503 e. The average molecular weight is 484 g/mol. The van der Waals surface area contributed by atoms with Crippen LogP contribution in [0.5, 0.6) is 5.75 Å². The number of halogens is 1. The number of ether oxygens (including phenoxy) is 1. The SMILES string of the molecule is CCOC[C@@H]1Cn2cc(-c3ncc(Cc4ccc(F)cc4)s3)c(=O)c(O)c2C(=O)N1CC1CC1. The number of thiazole rings is 1. The molecule has 1 aliphatic heterocycles. The van der Waals surface area contributed by atoms with E-state index >= 15 is 0 Å². The number of benzene rings is 1. The van der Waals surface area contributed by atoms with Gasteiger partial charge in [-0.2, -0.15) is 0 Å². The largest absolute Gasteiger partial charge is 0.503 e. The number of carbonyl (C=O) groups excluding carboxylic acids is 1. The molecule has 178 valence electrons. The molecular formula is C25H26FN3O4S. The number of aromatic nitrogens is 2. The zero-order valence-electron chi connectivity index (χ0n) is 18.9. The number of fused-ring (bicyclic) bond motifs is 1. The van der Waals surface area contributed by atoms with E-state index in [1.54, 1.807) is 34.0 Å². The zero-order valence-corrected chi connectivity index (χ0v) is 19.7. The van der Waals surface area contributed by atoms with Crippen molar-refractivity contribution in [1.82, 2.24) is 14.5 Å². The average Bonchev–Trinajstić information content (AvgIpc) is 3.53. The van der Waals surface area contributed by atoms with Crippen LogP contribution in [0.4, 0.5) is 4.39 Å². The van der Waals surface area contributed by atoms with E-state index in [1.165, 1.54) is 23.5 Å². The van der Waals surface area contributed by atoms with Gasteiger partial charge < -0.3 is 19.3 Å². The van der Waals surface area contributed by atoms with Crippen LogP contribution in [0.1, 0.15) is 40.7 Å². The fourth-order valence-electron chi connectivity index (χ4n) is 4.32. The second kappa shape index (κ2) is 9.31. The monoisotopic (exact) mass is 483 g/mol. The minimum atomic E-state index is -0.600. The zero-order chi connectivity index (χ0) is 23.8. The first-order chi connectivity index (χ1) is 16.4. The third-order valence-electron chi connectivity index (χ3n) is 6.31. The van der Waals surface area contributed by atoms with E-state index in [1.807, 2.05) is 6.92 Å². The van der Waals surface area contributed by atoms with E-state index in [9.17, 15) is 19.1 Å². The molecular weight excluding hydrogens is 457 g/mol. The fraction of sp³-hybridized carbons (Fsp3) is 0.400. The van der Waals surface area contributed by atoms with Crippen molar-refractivity contribution in [2.24, 2.45) is 5.92 Å². The van der Waals surface area contributed by atoms with Crippen LogP contribution in [0.25, 0.3) is 10.6 Å². The Labute approximate surface area is 200 Å². The Morgan fingerprint density at radius 2 is 2.00 bits per heavy atom. The van der Waals surface area contributed by atoms with Crippen LogP contribution in [0.15, 0.2) is 41.5 Å². The first-order valence-corrected chi connectivity index (χ1v) is 12.3. The highest BCUT2D eigenvalue weighted by Gasteiger charge is 2.38. The minimum absolute atomic E-state index is 0.0326. The summed E-state index contributed by atoms with van der Waals surface area (Å²) in [7, 11) is 0. The van der Waals surface area contributed by atoms with Crippen molar-refractivity contribution >= 4 is 17.2 Å². The molecule has 5 rings (SSSR count). The smallest absolute Gasteiger partial charge is 0.274 e. The Hall–Kier alpha value is -3.04. The van der Waals surface area contributed by atoms with Crippen molar-refractivity contribution in [2.45, 2.75) is 38.8 Å². The van der Waals surface area contributed by atoms with Gasteiger partial charge in [-0.3, -0.25) is 9.59 Å². The van der Waals surface area contributed by atoms with Crippen molar-refractivity contribution in [3.8, 4) is 16.3 Å². The topological polar surface area (TPSA) is 84.7 Å². The number of hydrogen-bond acceptors (Lipinski definition) is 6. The molecule has 0 bridgehead atoms. The van der Waals surface area contributed by atoms with Gasteiger partial charge in [0.25, 0.3) is 5.91 Å². The van der Waals surface area contributed by atoms with Crippen LogP contribution in [0.3, 0.4) is 0 Å². The second-order valence-electron chi connectivity index (χ2n) is 8.87. The molecule has 1 N–H and O–H groups in total. The molecule has 3 heterocycles. The molecule has 1 aliphatic carbocycles. The maximum Gasteiger partial charge on any atom is 0.274 e. The lowest BCUT2D eigenvalue weighted by Crippen LogP contribution is -2.51. The Kier molecular flexibility index (Phi) is 6.22. The molecule has 34 heavy (non-hydrogen) atoms. The van der Waals surface area contributed by atoms with Gasteiger partial charge in [-0.1, -0.05) is 12.1 Å². The van der Waals surface area contributed by atoms with Gasteiger partial charge in [0, 0.05) is 43.4 Å². The summed E-state index contributed by atoms with van der Waals surface area (Å²) in [6.07, 6.45) is 6.05. The third-order valence-corrected chi connectivity index (χ3v) is 7.34. The summed E-state index contributed by atoms with van der Waals surface area (Å²) < 4.78 is 20.5. The maximum absolute atomic E-state index is 13.3. The molecule has 1 saturated carbocycles. The van der Waals surface area contributed by atoms with E-state index in [4.69, 9.17) is 4.74 Å². The normalized spacial score (nSPS) is 17.8. The predicted octanol–water partition coefficient (Wildman–Crippen LogP) is 3.68. The molecule has 0 radical (unpaired) electrons. The summed E-state index contributed by atoms with van der Waals surface area (Å²) in [5.41, 5.74) is 0.624. The Morgan fingerprint density at radius 1 is 1.24 bits per heavy atom. The summed E-state index contributed by atoms with van der Waals surface area (Å²) in [5.74, 6) is -0.685. The highest BCUT2D eigenvalue weighted by molar-refractivity contribution is 7.15. The van der Waals surface area contributed by atoms with E-state index in [2.05, 4.69) is 4.98 Å². The third kappa shape index (κ3) is 4.50. The van der Waals surface area contributed by atoms with Crippen LogP contribution < -0.4 is 5.43 Å². The summed E-state index contributed by atoms with van der Waals surface area (Å²) in [6.45, 7) is 3.91. The lowest BCUT2D eigenvalue weighted by atomic mass is 10.1. The lowest BCUT2D eigenvalue weighted by Gasteiger charge is -2.38. The highest BCUT2D eigenvalue weighted by Crippen LogP contribution is 2.34. The van der Waals surface area contributed by atoms with Gasteiger partial charge in [0.1, 0.15) is 10.8 Å². The van der Waals surface area contributed by atoms with Crippen LogP contribution in [-0.2, 0) is 17.7 Å². The Morgan fingerprint density at radius 3 is 2.71 bits per heavy atom. The standard InChI is InChI=1S/C25H26FN3O4S/c1-2-33-14-18-12-28-13-20(22(30)23(31)21(28)25(32)29(18)11-16-3-4-16)24-27-10-19(34-24)9-15-5-7-17(26)8-6-15/h5-8,10,13,16,18,31H,2-4,9,11-12,14H2,1H3/t18-/m0/s1. The molecule has 0 spiro atoms. The van der Waals surface area contributed by atoms with Crippen molar-refractivity contribution < 1.29 is 19.0 Å². The summed E-state index contributed by atoms with van der Waals surface area (Å²) in [5, 5.41) is 11.3. The van der Waals surface area contributed by atoms with Gasteiger partial charge in [-0.05, 0) is 43.4 Å². The summed E-state index contributed by atoms with van der Waals surface area (Å²) in [4.78, 5) is 33.4. The lowest BCUT2D eigenvalue weighted by molar-refractivity contribution is 0.0310.